The van der Waals surface area contributed by atoms with Gasteiger partial charge in [0, 0.05) is 11.6 Å². The summed E-state index contributed by atoms with van der Waals surface area (Å²) in [6, 6.07) is 14.3. The molecule has 3 aromatic rings. The fraction of sp³-hybridized carbons (Fsp3) is 0.222. The van der Waals surface area contributed by atoms with Crippen molar-refractivity contribution >= 4 is 28.0 Å². The Hall–Kier alpha value is -2.40. The molecule has 23 heavy (non-hydrogen) atoms. The minimum absolute atomic E-state index is 0.0672. The Morgan fingerprint density at radius 2 is 2.04 bits per heavy atom. The average molecular weight is 324 g/mol. The zero-order valence-corrected chi connectivity index (χ0v) is 13.3. The summed E-state index contributed by atoms with van der Waals surface area (Å²) < 4.78 is 5.70. The van der Waals surface area contributed by atoms with E-state index in [9.17, 15) is 4.79 Å². The first-order valence-corrected chi connectivity index (χ1v) is 8.48. The molecular formula is C18H16N2O2S. The molecule has 2 heterocycles. The Kier molecular flexibility index (Phi) is 3.71. The molecule has 1 amide bonds. The van der Waals surface area contributed by atoms with Gasteiger partial charge in [-0.1, -0.05) is 53.8 Å². The Morgan fingerprint density at radius 3 is 2.87 bits per heavy atom. The van der Waals surface area contributed by atoms with Crippen LogP contribution < -0.4 is 4.74 Å². The largest absolute Gasteiger partial charge is 0.463 e. The Bertz CT molecular complexity index is 821. The smallest absolute Gasteiger partial charge is 0.273 e. The Labute approximate surface area is 138 Å². The van der Waals surface area contributed by atoms with E-state index < -0.39 is 0 Å². The van der Waals surface area contributed by atoms with Gasteiger partial charge in [-0.15, -0.1) is 0 Å². The van der Waals surface area contributed by atoms with Crippen LogP contribution in [-0.2, 0) is 11.2 Å². The molecule has 116 valence electrons. The Morgan fingerprint density at radius 1 is 1.22 bits per heavy atom. The van der Waals surface area contributed by atoms with E-state index in [1.54, 1.807) is 6.20 Å². The molecule has 0 N–H and O–H groups in total. The number of ether oxygens (including phenoxy) is 1. The van der Waals surface area contributed by atoms with E-state index >= 15 is 0 Å². The molecule has 1 aromatic heterocycles. The van der Waals surface area contributed by atoms with Crippen molar-refractivity contribution in [2.45, 2.75) is 12.5 Å². The summed E-state index contributed by atoms with van der Waals surface area (Å²) in [5.41, 5.74) is 1.08. The molecule has 1 saturated heterocycles. The number of benzene rings is 2. The number of thiazole rings is 1. The lowest BCUT2D eigenvalue weighted by atomic mass is 10.0. The van der Waals surface area contributed by atoms with Crippen molar-refractivity contribution in [3.63, 3.8) is 0 Å². The second-order valence-corrected chi connectivity index (χ2v) is 6.51. The number of hydrogen-bond donors (Lipinski definition) is 0. The van der Waals surface area contributed by atoms with Crippen LogP contribution in [0.5, 0.6) is 5.19 Å². The van der Waals surface area contributed by atoms with Gasteiger partial charge in [0.25, 0.3) is 5.19 Å². The van der Waals surface area contributed by atoms with E-state index in [0.29, 0.717) is 24.7 Å². The molecular weight excluding hydrogens is 308 g/mol. The highest BCUT2D eigenvalue weighted by atomic mass is 32.1. The van der Waals surface area contributed by atoms with Crippen molar-refractivity contribution in [2.75, 3.05) is 13.1 Å². The van der Waals surface area contributed by atoms with Crippen LogP contribution in [-0.4, -0.2) is 35.0 Å². The first kappa shape index (κ1) is 14.2. The Balaban J connectivity index is 1.39. The molecule has 5 heteroatoms. The molecule has 1 aliphatic rings. The first-order valence-electron chi connectivity index (χ1n) is 7.60. The van der Waals surface area contributed by atoms with Crippen LogP contribution in [0.1, 0.15) is 5.56 Å². The molecule has 1 fully saturated rings. The highest BCUT2D eigenvalue weighted by Crippen LogP contribution is 2.23. The number of carbonyl (C=O) groups excluding carboxylic acids is 1. The van der Waals surface area contributed by atoms with Crippen molar-refractivity contribution in [2.24, 2.45) is 0 Å². The summed E-state index contributed by atoms with van der Waals surface area (Å²) >= 11 is 1.48. The van der Waals surface area contributed by atoms with Crippen LogP contribution in [0, 0.1) is 0 Å². The van der Waals surface area contributed by atoms with E-state index in [0.717, 1.165) is 10.9 Å². The van der Waals surface area contributed by atoms with Gasteiger partial charge in [0.15, 0.2) is 0 Å². The van der Waals surface area contributed by atoms with Gasteiger partial charge in [0.1, 0.15) is 6.10 Å². The number of likely N-dealkylation sites (tertiary alicyclic amines) is 1. The molecule has 4 nitrogen and oxygen atoms in total. The monoisotopic (exact) mass is 324 g/mol. The summed E-state index contributed by atoms with van der Waals surface area (Å²) in [5, 5.41) is 4.89. The number of fused-ring (bicyclic) bond motifs is 1. The maximum absolute atomic E-state index is 12.4. The highest BCUT2D eigenvalue weighted by molar-refractivity contribution is 7.11. The molecule has 4 rings (SSSR count). The van der Waals surface area contributed by atoms with Gasteiger partial charge in [-0.2, -0.15) is 0 Å². The summed E-state index contributed by atoms with van der Waals surface area (Å²) in [4.78, 5) is 18.4. The van der Waals surface area contributed by atoms with Crippen molar-refractivity contribution in [1.29, 1.82) is 0 Å². The standard InChI is InChI=1S/C18H16N2O2S/c21-17(20-11-15(12-20)22-18-19-8-9-23-18)10-14-6-3-5-13-4-1-2-7-16(13)14/h1-9,15H,10-12H2. The summed E-state index contributed by atoms with van der Waals surface area (Å²) in [6.45, 7) is 1.28. The van der Waals surface area contributed by atoms with Crippen LogP contribution in [0.25, 0.3) is 10.8 Å². The van der Waals surface area contributed by atoms with Crippen LogP contribution >= 0.6 is 11.3 Å². The summed E-state index contributed by atoms with van der Waals surface area (Å²) in [5.74, 6) is 0.153. The van der Waals surface area contributed by atoms with E-state index in [1.165, 1.54) is 16.7 Å². The van der Waals surface area contributed by atoms with E-state index in [1.807, 2.05) is 34.5 Å². The summed E-state index contributed by atoms with van der Waals surface area (Å²) in [7, 11) is 0. The molecule has 0 atom stereocenters. The van der Waals surface area contributed by atoms with Crippen LogP contribution in [0.3, 0.4) is 0 Å². The highest BCUT2D eigenvalue weighted by Gasteiger charge is 2.32. The fourth-order valence-electron chi connectivity index (χ4n) is 2.85. The number of nitrogens with zero attached hydrogens (tertiary/aromatic N) is 2. The first-order chi connectivity index (χ1) is 11.3. The molecule has 2 aromatic carbocycles. The van der Waals surface area contributed by atoms with Crippen molar-refractivity contribution in [3.8, 4) is 5.19 Å². The van der Waals surface area contributed by atoms with Gasteiger partial charge < -0.3 is 9.64 Å². The van der Waals surface area contributed by atoms with Crippen molar-refractivity contribution in [1.82, 2.24) is 9.88 Å². The van der Waals surface area contributed by atoms with Crippen LogP contribution in [0.2, 0.25) is 0 Å². The minimum Gasteiger partial charge on any atom is -0.463 e. The molecule has 0 radical (unpaired) electrons. The quantitative estimate of drug-likeness (QED) is 0.740. The third-order valence-electron chi connectivity index (χ3n) is 4.10. The lowest BCUT2D eigenvalue weighted by Gasteiger charge is -2.38. The van der Waals surface area contributed by atoms with E-state index in [-0.39, 0.29) is 12.0 Å². The second-order valence-electron chi connectivity index (χ2n) is 5.65. The minimum atomic E-state index is 0.0672. The van der Waals surface area contributed by atoms with Gasteiger partial charge in [-0.3, -0.25) is 4.79 Å². The molecule has 0 bridgehead atoms. The zero-order chi connectivity index (χ0) is 15.6. The van der Waals surface area contributed by atoms with Gasteiger partial charge in [-0.25, -0.2) is 4.98 Å². The normalized spacial score (nSPS) is 14.7. The molecule has 0 spiro atoms. The number of amides is 1. The SMILES string of the molecule is O=C(Cc1cccc2ccccc12)N1CC(Oc2nccs2)C1. The third-order valence-corrected chi connectivity index (χ3v) is 4.76. The maximum Gasteiger partial charge on any atom is 0.273 e. The van der Waals surface area contributed by atoms with Crippen LogP contribution in [0.4, 0.5) is 0 Å². The number of aromatic nitrogens is 1. The number of rotatable bonds is 4. The van der Waals surface area contributed by atoms with Crippen molar-refractivity contribution < 1.29 is 9.53 Å². The van der Waals surface area contributed by atoms with Gasteiger partial charge in [0.2, 0.25) is 5.91 Å². The summed E-state index contributed by atoms with van der Waals surface area (Å²) in [6.07, 6.45) is 2.23. The maximum atomic E-state index is 12.4. The van der Waals surface area contributed by atoms with Gasteiger partial charge in [-0.05, 0) is 16.3 Å². The number of carbonyl (C=O) groups is 1. The van der Waals surface area contributed by atoms with E-state index in [4.69, 9.17) is 4.74 Å². The average Bonchev–Trinajstić information content (AvgIpc) is 3.04. The lowest BCUT2D eigenvalue weighted by molar-refractivity contribution is -0.139. The van der Waals surface area contributed by atoms with Crippen LogP contribution in [0.15, 0.2) is 54.0 Å². The molecule has 1 aliphatic heterocycles. The number of hydrogen-bond acceptors (Lipinski definition) is 4. The lowest BCUT2D eigenvalue weighted by Crippen LogP contribution is -2.56. The zero-order valence-electron chi connectivity index (χ0n) is 12.5. The predicted octanol–water partition coefficient (Wildman–Crippen LogP) is 3.13. The fourth-order valence-corrected chi connectivity index (χ4v) is 3.40. The van der Waals surface area contributed by atoms with Gasteiger partial charge in [0.05, 0.1) is 19.5 Å². The van der Waals surface area contributed by atoms with Gasteiger partial charge >= 0.3 is 0 Å². The van der Waals surface area contributed by atoms with E-state index in [2.05, 4.69) is 23.2 Å². The molecule has 0 saturated carbocycles. The molecule has 0 unspecified atom stereocenters. The topological polar surface area (TPSA) is 42.4 Å². The second kappa shape index (κ2) is 6.01. The van der Waals surface area contributed by atoms with Crippen molar-refractivity contribution in [3.05, 3.63) is 59.6 Å². The molecule has 0 aliphatic carbocycles. The third kappa shape index (κ3) is 2.92. The predicted molar refractivity (Wildman–Crippen MR) is 90.8 cm³/mol.